The minimum absolute atomic E-state index is 0.0278. The van der Waals surface area contributed by atoms with E-state index in [1.807, 2.05) is 6.92 Å². The molecule has 102 valence electrons. The van der Waals surface area contributed by atoms with E-state index in [4.69, 9.17) is 17.3 Å². The molecule has 8 heteroatoms. The fourth-order valence-corrected chi connectivity index (χ4v) is 3.20. The lowest BCUT2D eigenvalue weighted by Crippen LogP contribution is -2.15. The van der Waals surface area contributed by atoms with Crippen molar-refractivity contribution in [3.05, 3.63) is 35.0 Å². The second kappa shape index (κ2) is 5.10. The zero-order chi connectivity index (χ0) is 14.0. The van der Waals surface area contributed by atoms with Crippen molar-refractivity contribution in [3.63, 3.8) is 0 Å². The van der Waals surface area contributed by atoms with Gasteiger partial charge >= 0.3 is 0 Å². The first-order valence-corrected chi connectivity index (χ1v) is 7.40. The van der Waals surface area contributed by atoms with Crippen LogP contribution in [0.5, 0.6) is 0 Å². The molecule has 6 nitrogen and oxygen atoms in total. The summed E-state index contributed by atoms with van der Waals surface area (Å²) in [5.74, 6) is 0.343. The Labute approximate surface area is 116 Å². The maximum absolute atomic E-state index is 12.2. The van der Waals surface area contributed by atoms with E-state index in [9.17, 15) is 8.42 Å². The van der Waals surface area contributed by atoms with Crippen molar-refractivity contribution in [2.75, 3.05) is 10.5 Å². The highest BCUT2D eigenvalue weighted by Gasteiger charge is 2.20. The summed E-state index contributed by atoms with van der Waals surface area (Å²) >= 11 is 5.90. The van der Waals surface area contributed by atoms with E-state index in [2.05, 4.69) is 14.9 Å². The van der Waals surface area contributed by atoms with Gasteiger partial charge in [0.05, 0.1) is 11.2 Å². The van der Waals surface area contributed by atoms with E-state index >= 15 is 0 Å². The molecule has 1 heterocycles. The topological polar surface area (TPSA) is 101 Å². The minimum atomic E-state index is -3.77. The van der Waals surface area contributed by atoms with Crippen molar-refractivity contribution >= 4 is 33.1 Å². The van der Waals surface area contributed by atoms with Gasteiger partial charge in [-0.2, -0.15) is 5.10 Å². The molecule has 2 rings (SSSR count). The fraction of sp³-hybridized carbons (Fsp3) is 0.182. The van der Waals surface area contributed by atoms with Gasteiger partial charge < -0.3 is 5.73 Å². The van der Waals surface area contributed by atoms with Crippen LogP contribution in [-0.2, 0) is 16.4 Å². The minimum Gasteiger partial charge on any atom is -0.399 e. The summed E-state index contributed by atoms with van der Waals surface area (Å²) in [5, 5.41) is 6.48. The molecule has 0 aliphatic rings. The van der Waals surface area contributed by atoms with Crippen molar-refractivity contribution in [1.82, 2.24) is 10.2 Å². The molecular weight excluding hydrogens is 288 g/mol. The van der Waals surface area contributed by atoms with Gasteiger partial charge in [-0.05, 0) is 24.6 Å². The third-order valence-electron chi connectivity index (χ3n) is 2.58. The summed E-state index contributed by atoms with van der Waals surface area (Å²) in [6.45, 7) is 1.90. The summed E-state index contributed by atoms with van der Waals surface area (Å²) in [4.78, 5) is -0.0278. The Bertz CT molecular complexity index is 696. The van der Waals surface area contributed by atoms with Gasteiger partial charge in [0.1, 0.15) is 10.7 Å². The van der Waals surface area contributed by atoms with E-state index in [0.717, 1.165) is 5.56 Å². The SMILES string of the molecule is CCc1cn[nH]c1NS(=O)(=O)c1ccc(N)cc1Cl. The highest BCUT2D eigenvalue weighted by molar-refractivity contribution is 7.92. The molecule has 4 N–H and O–H groups in total. The number of aromatic amines is 1. The van der Waals surface area contributed by atoms with Crippen molar-refractivity contribution in [1.29, 1.82) is 0 Å². The molecule has 0 radical (unpaired) electrons. The average molecular weight is 301 g/mol. The maximum atomic E-state index is 12.2. The molecule has 0 fully saturated rings. The van der Waals surface area contributed by atoms with Gasteiger partial charge in [-0.25, -0.2) is 8.42 Å². The van der Waals surface area contributed by atoms with Gasteiger partial charge in [-0.1, -0.05) is 18.5 Å². The molecule has 0 unspecified atom stereocenters. The van der Waals surface area contributed by atoms with Gasteiger partial charge in [0.2, 0.25) is 0 Å². The Morgan fingerprint density at radius 3 is 2.84 bits per heavy atom. The van der Waals surface area contributed by atoms with Crippen LogP contribution in [-0.4, -0.2) is 18.6 Å². The Hall–Kier alpha value is -1.73. The van der Waals surface area contributed by atoms with Crippen LogP contribution in [0.2, 0.25) is 5.02 Å². The van der Waals surface area contributed by atoms with Crippen LogP contribution in [0.4, 0.5) is 11.5 Å². The number of hydrogen-bond donors (Lipinski definition) is 3. The molecule has 1 aromatic heterocycles. The second-order valence-electron chi connectivity index (χ2n) is 3.92. The number of nitrogens with two attached hydrogens (primary N) is 1. The van der Waals surface area contributed by atoms with Gasteiger partial charge in [-0.15, -0.1) is 0 Å². The third kappa shape index (κ3) is 2.82. The molecule has 1 aromatic carbocycles. The first-order valence-electron chi connectivity index (χ1n) is 5.54. The van der Waals surface area contributed by atoms with Crippen LogP contribution in [0.15, 0.2) is 29.3 Å². The molecular formula is C11H13ClN4O2S. The molecule has 0 saturated heterocycles. The van der Waals surface area contributed by atoms with Gasteiger partial charge in [0.15, 0.2) is 0 Å². The van der Waals surface area contributed by atoms with Gasteiger partial charge in [-0.3, -0.25) is 9.82 Å². The summed E-state index contributed by atoms with van der Waals surface area (Å²) in [7, 11) is -3.77. The number of aromatic nitrogens is 2. The summed E-state index contributed by atoms with van der Waals surface area (Å²) in [5.41, 5.74) is 6.71. The molecule has 0 amide bonds. The molecule has 0 saturated carbocycles. The van der Waals surface area contributed by atoms with Crippen molar-refractivity contribution in [3.8, 4) is 0 Å². The van der Waals surface area contributed by atoms with Crippen LogP contribution in [0.25, 0.3) is 0 Å². The number of rotatable bonds is 4. The average Bonchev–Trinajstić information content (AvgIpc) is 2.74. The number of benzene rings is 1. The second-order valence-corrected chi connectivity index (χ2v) is 5.98. The summed E-state index contributed by atoms with van der Waals surface area (Å²) in [6, 6.07) is 4.24. The van der Waals surface area contributed by atoms with Crippen molar-refractivity contribution in [2.24, 2.45) is 0 Å². The molecule has 0 bridgehead atoms. The Morgan fingerprint density at radius 1 is 1.47 bits per heavy atom. The standard InChI is InChI=1S/C11H13ClN4O2S/c1-2-7-6-14-15-11(7)16-19(17,18)10-4-3-8(13)5-9(10)12/h3-6H,2,13H2,1H3,(H2,14,15,16). The van der Waals surface area contributed by atoms with Crippen molar-refractivity contribution < 1.29 is 8.42 Å². The number of nitrogens with zero attached hydrogens (tertiary/aromatic N) is 1. The lowest BCUT2D eigenvalue weighted by molar-refractivity contribution is 0.601. The largest absolute Gasteiger partial charge is 0.399 e. The lowest BCUT2D eigenvalue weighted by atomic mass is 10.3. The highest BCUT2D eigenvalue weighted by atomic mass is 35.5. The number of nitrogen functional groups attached to an aromatic ring is 1. The Balaban J connectivity index is 2.38. The summed E-state index contributed by atoms with van der Waals surface area (Å²) < 4.78 is 26.9. The summed E-state index contributed by atoms with van der Waals surface area (Å²) in [6.07, 6.45) is 2.23. The molecule has 0 atom stereocenters. The normalized spacial score (nSPS) is 11.5. The Morgan fingerprint density at radius 2 is 2.21 bits per heavy atom. The van der Waals surface area contributed by atoms with Crippen LogP contribution < -0.4 is 10.5 Å². The molecule has 0 aliphatic carbocycles. The zero-order valence-corrected chi connectivity index (χ0v) is 11.7. The van der Waals surface area contributed by atoms with Crippen LogP contribution in [0.3, 0.4) is 0 Å². The predicted molar refractivity (Wildman–Crippen MR) is 74.6 cm³/mol. The van der Waals surface area contributed by atoms with E-state index in [-0.39, 0.29) is 9.92 Å². The number of hydrogen-bond acceptors (Lipinski definition) is 4. The van der Waals surface area contributed by atoms with Gasteiger partial charge in [0.25, 0.3) is 10.0 Å². The number of aryl methyl sites for hydroxylation is 1. The Kier molecular flexibility index (Phi) is 3.68. The number of nitrogens with one attached hydrogen (secondary N) is 2. The fourth-order valence-electron chi connectivity index (χ4n) is 1.59. The highest BCUT2D eigenvalue weighted by Crippen LogP contribution is 2.26. The first kappa shape index (κ1) is 13.7. The first-order chi connectivity index (χ1) is 8.94. The smallest absolute Gasteiger partial charge is 0.264 e. The quantitative estimate of drug-likeness (QED) is 0.752. The van der Waals surface area contributed by atoms with Crippen LogP contribution in [0.1, 0.15) is 12.5 Å². The lowest BCUT2D eigenvalue weighted by Gasteiger charge is -2.09. The number of sulfonamides is 1. The number of anilines is 2. The molecule has 2 aromatic rings. The molecule has 0 aliphatic heterocycles. The number of H-pyrrole nitrogens is 1. The van der Waals surface area contributed by atoms with Crippen LogP contribution >= 0.6 is 11.6 Å². The number of halogens is 1. The van der Waals surface area contributed by atoms with E-state index in [0.29, 0.717) is 17.9 Å². The molecule has 19 heavy (non-hydrogen) atoms. The molecule has 0 spiro atoms. The van der Waals surface area contributed by atoms with Crippen LogP contribution in [0, 0.1) is 0 Å². The maximum Gasteiger partial charge on any atom is 0.264 e. The van der Waals surface area contributed by atoms with E-state index < -0.39 is 10.0 Å². The monoisotopic (exact) mass is 300 g/mol. The van der Waals surface area contributed by atoms with Gasteiger partial charge in [0, 0.05) is 11.3 Å². The van der Waals surface area contributed by atoms with E-state index in [1.165, 1.54) is 18.2 Å². The van der Waals surface area contributed by atoms with E-state index in [1.54, 1.807) is 6.20 Å². The third-order valence-corrected chi connectivity index (χ3v) is 4.41. The predicted octanol–water partition coefficient (Wildman–Crippen LogP) is 2.01. The zero-order valence-electron chi connectivity index (χ0n) is 10.1. The van der Waals surface area contributed by atoms with Crippen molar-refractivity contribution in [2.45, 2.75) is 18.2 Å².